The molecule has 1 saturated carbocycles. The molecule has 2 bridgehead atoms. The number of piperazine rings is 1. The van der Waals surface area contributed by atoms with Crippen molar-refractivity contribution in [2.45, 2.75) is 62.3 Å². The van der Waals surface area contributed by atoms with Crippen molar-refractivity contribution >= 4 is 28.2 Å². The lowest BCUT2D eigenvalue weighted by Gasteiger charge is -2.35. The number of likely N-dealkylation sites (N-methyl/N-ethyl adjacent to an activating group) is 1. The predicted molar refractivity (Wildman–Crippen MR) is 147 cm³/mol. The average molecular weight is 556 g/mol. The summed E-state index contributed by atoms with van der Waals surface area (Å²) < 4.78 is 36.5. The Morgan fingerprint density at radius 1 is 1.13 bits per heavy atom. The van der Waals surface area contributed by atoms with E-state index in [0.29, 0.717) is 46.9 Å². The van der Waals surface area contributed by atoms with Crippen molar-refractivity contribution in [1.29, 1.82) is 0 Å². The van der Waals surface area contributed by atoms with Gasteiger partial charge >= 0.3 is 0 Å². The Labute approximate surface area is 231 Å². The van der Waals surface area contributed by atoms with Crippen molar-refractivity contribution < 1.29 is 18.6 Å². The monoisotopic (exact) mass is 555 g/mol. The van der Waals surface area contributed by atoms with Crippen LogP contribution in [0.2, 0.25) is 5.02 Å². The lowest BCUT2D eigenvalue weighted by atomic mass is 9.98. The third-order valence-electron chi connectivity index (χ3n) is 8.72. The number of likely N-dealkylation sites (tertiary alicyclic amines) is 1. The number of phenolic OH excluding ortho intramolecular Hbond substituents is 1. The van der Waals surface area contributed by atoms with Crippen LogP contribution in [0.15, 0.2) is 24.4 Å². The molecule has 39 heavy (non-hydrogen) atoms. The van der Waals surface area contributed by atoms with E-state index in [9.17, 15) is 9.50 Å². The van der Waals surface area contributed by atoms with Gasteiger partial charge in [-0.1, -0.05) is 11.6 Å². The van der Waals surface area contributed by atoms with Gasteiger partial charge in [0, 0.05) is 66.0 Å². The highest BCUT2D eigenvalue weighted by atomic mass is 35.5. The minimum Gasteiger partial charge on any atom is -0.508 e. The Morgan fingerprint density at radius 2 is 1.90 bits per heavy atom. The number of halogens is 3. The molecule has 5 heterocycles. The van der Waals surface area contributed by atoms with Gasteiger partial charge in [-0.05, 0) is 62.8 Å². The Morgan fingerprint density at radius 3 is 2.59 bits per heavy atom. The fraction of sp³-hybridized carbons (Fsp3) is 0.517. The van der Waals surface area contributed by atoms with Gasteiger partial charge in [-0.25, -0.2) is 13.8 Å². The van der Waals surface area contributed by atoms with Gasteiger partial charge in [0.05, 0.1) is 5.69 Å². The SMILES string of the molecule is CN1C[C@@H](F)C[C@H]1COc1cc(N2CC3CCC(C2)N3)c2cnc(-c3cc(O)cc(Cl)c3C3CC3)c(F)c2n1. The van der Waals surface area contributed by atoms with Gasteiger partial charge in [-0.15, -0.1) is 0 Å². The molecule has 10 heteroatoms. The van der Waals surface area contributed by atoms with Crippen LogP contribution in [0.5, 0.6) is 11.6 Å². The third-order valence-corrected chi connectivity index (χ3v) is 9.04. The zero-order valence-corrected chi connectivity index (χ0v) is 22.6. The minimum absolute atomic E-state index is 0.0328. The molecular formula is C29H32ClF2N5O2. The first-order valence-corrected chi connectivity index (χ1v) is 14.2. The Balaban J connectivity index is 1.33. The number of ether oxygens (including phenoxy) is 1. The van der Waals surface area contributed by atoms with Gasteiger partial charge in [0.25, 0.3) is 0 Å². The molecule has 7 rings (SSSR count). The largest absolute Gasteiger partial charge is 0.508 e. The number of nitrogens with one attached hydrogen (secondary N) is 1. The Kier molecular flexibility index (Phi) is 6.28. The first-order chi connectivity index (χ1) is 18.8. The van der Waals surface area contributed by atoms with Crippen molar-refractivity contribution in [1.82, 2.24) is 20.2 Å². The zero-order valence-electron chi connectivity index (χ0n) is 21.8. The number of anilines is 1. The van der Waals surface area contributed by atoms with E-state index >= 15 is 4.39 Å². The van der Waals surface area contributed by atoms with Gasteiger partial charge in [-0.2, -0.15) is 0 Å². The number of benzene rings is 1. The van der Waals surface area contributed by atoms with E-state index in [1.165, 1.54) is 12.1 Å². The number of pyridine rings is 2. The summed E-state index contributed by atoms with van der Waals surface area (Å²) in [6, 6.07) is 5.62. The van der Waals surface area contributed by atoms with Crippen LogP contribution < -0.4 is 15.0 Å². The summed E-state index contributed by atoms with van der Waals surface area (Å²) in [5, 5.41) is 15.0. The molecule has 0 radical (unpaired) electrons. The lowest BCUT2D eigenvalue weighted by Crippen LogP contribution is -2.51. The quantitative estimate of drug-likeness (QED) is 0.442. The minimum atomic E-state index is -0.874. The number of hydrogen-bond donors (Lipinski definition) is 2. The second-order valence-corrected chi connectivity index (χ2v) is 12.0. The van der Waals surface area contributed by atoms with Crippen molar-refractivity contribution in [3.8, 4) is 22.9 Å². The maximum Gasteiger partial charge on any atom is 0.216 e. The predicted octanol–water partition coefficient (Wildman–Crippen LogP) is 5.03. The van der Waals surface area contributed by atoms with Crippen molar-refractivity contribution in [2.24, 2.45) is 0 Å². The summed E-state index contributed by atoms with van der Waals surface area (Å²) in [6.07, 6.45) is 5.37. The molecule has 0 spiro atoms. The molecule has 206 valence electrons. The summed E-state index contributed by atoms with van der Waals surface area (Å²) in [7, 11) is 1.89. The van der Waals surface area contributed by atoms with Gasteiger partial charge in [0.15, 0.2) is 5.82 Å². The van der Waals surface area contributed by atoms with Gasteiger partial charge in [0.2, 0.25) is 5.88 Å². The Hall–Kier alpha value is -2.75. The number of aromatic hydroxyl groups is 1. The highest BCUT2D eigenvalue weighted by Crippen LogP contribution is 2.49. The molecular weight excluding hydrogens is 524 g/mol. The number of phenols is 1. The number of aromatic nitrogens is 2. The molecule has 4 aliphatic rings. The Bertz CT molecular complexity index is 1420. The van der Waals surface area contributed by atoms with Crippen LogP contribution >= 0.6 is 11.6 Å². The smallest absolute Gasteiger partial charge is 0.216 e. The number of hydrogen-bond acceptors (Lipinski definition) is 7. The first kappa shape index (κ1) is 25.2. The van der Waals surface area contributed by atoms with Crippen molar-refractivity contribution in [3.05, 3.63) is 40.8 Å². The maximum absolute atomic E-state index is 16.4. The zero-order chi connectivity index (χ0) is 26.8. The van der Waals surface area contributed by atoms with Crippen LogP contribution in [0.1, 0.15) is 43.6 Å². The number of alkyl halides is 1. The van der Waals surface area contributed by atoms with E-state index in [1.807, 2.05) is 18.0 Å². The summed E-state index contributed by atoms with van der Waals surface area (Å²) in [4.78, 5) is 13.4. The molecule has 2 N–H and O–H groups in total. The number of nitrogens with zero attached hydrogens (tertiary/aromatic N) is 4. The fourth-order valence-electron chi connectivity index (χ4n) is 6.60. The molecule has 2 aromatic heterocycles. The van der Waals surface area contributed by atoms with Crippen molar-refractivity contribution in [3.63, 3.8) is 0 Å². The summed E-state index contributed by atoms with van der Waals surface area (Å²) in [5.41, 5.74) is 2.44. The molecule has 7 nitrogen and oxygen atoms in total. The van der Waals surface area contributed by atoms with Crippen LogP contribution in [0.4, 0.5) is 14.5 Å². The standard InChI is InChI=1S/C29H32ClF2N5O2/c1-36-11-16(31)6-19(36)14-39-25-9-24(37-12-17-4-5-18(13-37)34-17)22-10-33-28(27(32)29(22)35-25)21-7-20(38)8-23(30)26(21)15-2-3-15/h7-10,15-19,34,38H,2-6,11-14H2,1H3/t16-,17?,18?,19-/m0/s1. The molecule has 4 fully saturated rings. The number of fused-ring (bicyclic) bond motifs is 3. The molecule has 4 atom stereocenters. The third kappa shape index (κ3) is 4.68. The molecule has 1 aliphatic carbocycles. The van der Waals surface area contributed by atoms with Crippen LogP contribution in [-0.4, -0.2) is 77.6 Å². The molecule has 0 amide bonds. The molecule has 3 saturated heterocycles. The van der Waals surface area contributed by atoms with Crippen LogP contribution in [0, 0.1) is 5.82 Å². The fourth-order valence-corrected chi connectivity index (χ4v) is 6.97. The van der Waals surface area contributed by atoms with Crippen LogP contribution in [-0.2, 0) is 0 Å². The van der Waals surface area contributed by atoms with Crippen LogP contribution in [0.3, 0.4) is 0 Å². The lowest BCUT2D eigenvalue weighted by molar-refractivity contribution is 0.193. The first-order valence-electron chi connectivity index (χ1n) is 13.8. The molecule has 3 aromatic rings. The van der Waals surface area contributed by atoms with Gasteiger partial charge in [-0.3, -0.25) is 9.88 Å². The van der Waals surface area contributed by atoms with E-state index in [-0.39, 0.29) is 35.5 Å². The summed E-state index contributed by atoms with van der Waals surface area (Å²) in [5.74, 6) is -0.0639. The normalized spacial score (nSPS) is 27.0. The van der Waals surface area contributed by atoms with E-state index in [1.54, 1.807) is 6.20 Å². The van der Waals surface area contributed by atoms with Crippen molar-refractivity contribution in [2.75, 3.05) is 38.2 Å². The summed E-state index contributed by atoms with van der Waals surface area (Å²) >= 11 is 6.51. The van der Waals surface area contributed by atoms with Crippen LogP contribution in [0.25, 0.3) is 22.2 Å². The average Bonchev–Trinajstić information content (AvgIpc) is 3.60. The van der Waals surface area contributed by atoms with Gasteiger partial charge in [0.1, 0.15) is 29.7 Å². The highest BCUT2D eigenvalue weighted by Gasteiger charge is 2.35. The molecule has 1 aromatic carbocycles. The summed E-state index contributed by atoms with van der Waals surface area (Å²) in [6.45, 7) is 2.27. The van der Waals surface area contributed by atoms with E-state index in [0.717, 1.165) is 50.0 Å². The molecule has 3 aliphatic heterocycles. The second kappa shape index (κ2) is 9.71. The van der Waals surface area contributed by atoms with E-state index < -0.39 is 12.0 Å². The van der Waals surface area contributed by atoms with Gasteiger partial charge < -0.3 is 20.1 Å². The van der Waals surface area contributed by atoms with E-state index in [2.05, 4.69) is 20.2 Å². The maximum atomic E-state index is 16.4. The number of rotatable bonds is 6. The highest BCUT2D eigenvalue weighted by molar-refractivity contribution is 6.32. The molecule has 2 unspecified atom stereocenters. The topological polar surface area (TPSA) is 73.8 Å². The second-order valence-electron chi connectivity index (χ2n) is 11.6. The van der Waals surface area contributed by atoms with E-state index in [4.69, 9.17) is 16.3 Å².